The Labute approximate surface area is 77.8 Å². The second-order valence-corrected chi connectivity index (χ2v) is 3.51. The topological polar surface area (TPSA) is 58.3 Å². The Morgan fingerprint density at radius 3 is 2.69 bits per heavy atom. The molecule has 0 spiro atoms. The molecule has 1 aromatic heterocycles. The van der Waals surface area contributed by atoms with Gasteiger partial charge in [0.1, 0.15) is 11.9 Å². The summed E-state index contributed by atoms with van der Waals surface area (Å²) in [5.41, 5.74) is -1.11. The van der Waals surface area contributed by atoms with E-state index in [-0.39, 0.29) is 0 Å². The Kier molecular flexibility index (Phi) is 2.73. The summed E-state index contributed by atoms with van der Waals surface area (Å²) in [4.78, 5) is 3.98. The quantitative estimate of drug-likeness (QED) is 0.723. The van der Waals surface area contributed by atoms with Gasteiger partial charge in [-0.15, -0.1) is 0 Å². The maximum Gasteiger partial charge on any atom is 0.140 e. The first-order valence-corrected chi connectivity index (χ1v) is 4.36. The molecule has 0 bridgehead atoms. The summed E-state index contributed by atoms with van der Waals surface area (Å²) >= 11 is 0. The van der Waals surface area contributed by atoms with Gasteiger partial charge in [-0.25, -0.2) is 4.98 Å². The highest BCUT2D eigenvalue weighted by atomic mass is 16.3. The van der Waals surface area contributed by atoms with Crippen LogP contribution in [0.3, 0.4) is 0 Å². The van der Waals surface area contributed by atoms with Crippen LogP contribution >= 0.6 is 0 Å². The fourth-order valence-electron chi connectivity index (χ4n) is 1.11. The first-order valence-electron chi connectivity index (χ1n) is 4.36. The van der Waals surface area contributed by atoms with Crippen molar-refractivity contribution in [3.05, 3.63) is 18.2 Å². The number of hydrogen-bond acceptors (Lipinski definition) is 3. The van der Waals surface area contributed by atoms with Gasteiger partial charge in [-0.3, -0.25) is 0 Å². The Hall–Kier alpha value is -0.870. The van der Waals surface area contributed by atoms with Gasteiger partial charge in [0.25, 0.3) is 0 Å². The molecule has 2 atom stereocenters. The highest BCUT2D eigenvalue weighted by molar-refractivity contribution is 5.01. The number of aliphatic hydroxyl groups is 2. The molecule has 1 aromatic rings. The number of hydrogen-bond donors (Lipinski definition) is 2. The van der Waals surface area contributed by atoms with E-state index >= 15 is 0 Å². The average molecular weight is 184 g/mol. The van der Waals surface area contributed by atoms with Gasteiger partial charge < -0.3 is 14.8 Å². The molecule has 2 unspecified atom stereocenters. The summed E-state index contributed by atoms with van der Waals surface area (Å²) in [6.07, 6.45) is 2.90. The molecule has 0 aliphatic heterocycles. The monoisotopic (exact) mass is 184 g/mol. The minimum Gasteiger partial charge on any atom is -0.387 e. The molecule has 0 fully saturated rings. The van der Waals surface area contributed by atoms with Gasteiger partial charge in [0.05, 0.1) is 5.60 Å². The lowest BCUT2D eigenvalue weighted by atomic mass is 9.95. The highest BCUT2D eigenvalue weighted by Crippen LogP contribution is 2.26. The van der Waals surface area contributed by atoms with Crippen molar-refractivity contribution in [1.82, 2.24) is 9.55 Å². The van der Waals surface area contributed by atoms with Gasteiger partial charge in [-0.1, -0.05) is 6.92 Å². The normalized spacial score (nSPS) is 18.2. The van der Waals surface area contributed by atoms with Crippen molar-refractivity contribution in [3.8, 4) is 0 Å². The first kappa shape index (κ1) is 10.2. The molecular formula is C9H16N2O2. The summed E-state index contributed by atoms with van der Waals surface area (Å²) in [5, 5.41) is 19.6. The van der Waals surface area contributed by atoms with Crippen LogP contribution in [0.4, 0.5) is 0 Å². The van der Waals surface area contributed by atoms with Gasteiger partial charge in [-0.2, -0.15) is 0 Å². The third-order valence-corrected chi connectivity index (χ3v) is 2.41. The lowest BCUT2D eigenvalue weighted by Crippen LogP contribution is -2.33. The second kappa shape index (κ2) is 3.47. The van der Waals surface area contributed by atoms with E-state index < -0.39 is 11.7 Å². The molecule has 2 N–H and O–H groups in total. The zero-order chi connectivity index (χ0) is 10.1. The largest absolute Gasteiger partial charge is 0.387 e. The van der Waals surface area contributed by atoms with E-state index in [1.54, 1.807) is 30.9 Å². The zero-order valence-corrected chi connectivity index (χ0v) is 8.23. The lowest BCUT2D eigenvalue weighted by molar-refractivity contribution is -0.0709. The number of aryl methyl sites for hydroxylation is 1. The van der Waals surface area contributed by atoms with Crippen LogP contribution < -0.4 is 0 Å². The molecule has 1 rings (SSSR count). The Bertz CT molecular complexity index is 281. The van der Waals surface area contributed by atoms with Gasteiger partial charge in [0, 0.05) is 19.4 Å². The Morgan fingerprint density at radius 2 is 2.31 bits per heavy atom. The molecule has 0 saturated carbocycles. The predicted molar refractivity (Wildman–Crippen MR) is 49.1 cm³/mol. The molecule has 4 nitrogen and oxygen atoms in total. The molecule has 13 heavy (non-hydrogen) atoms. The Balaban J connectivity index is 2.91. The van der Waals surface area contributed by atoms with Crippen LogP contribution in [0, 0.1) is 0 Å². The van der Waals surface area contributed by atoms with Gasteiger partial charge >= 0.3 is 0 Å². The van der Waals surface area contributed by atoms with Crippen LogP contribution in [0.5, 0.6) is 0 Å². The van der Waals surface area contributed by atoms with E-state index in [4.69, 9.17) is 0 Å². The van der Waals surface area contributed by atoms with E-state index in [0.29, 0.717) is 12.2 Å². The molecule has 0 aliphatic rings. The fraction of sp³-hybridized carbons (Fsp3) is 0.667. The van der Waals surface area contributed by atoms with E-state index in [0.717, 1.165) is 0 Å². The van der Waals surface area contributed by atoms with E-state index in [2.05, 4.69) is 4.98 Å². The summed E-state index contributed by atoms with van der Waals surface area (Å²) in [5.74, 6) is 0.492. The molecule has 4 heteroatoms. The average Bonchev–Trinajstić information content (AvgIpc) is 2.50. The summed E-state index contributed by atoms with van der Waals surface area (Å²) in [6, 6.07) is 0. The number of nitrogens with zero attached hydrogens (tertiary/aromatic N) is 2. The van der Waals surface area contributed by atoms with Gasteiger partial charge in [-0.05, 0) is 13.3 Å². The van der Waals surface area contributed by atoms with Gasteiger partial charge in [0.2, 0.25) is 0 Å². The van der Waals surface area contributed by atoms with Crippen molar-refractivity contribution >= 4 is 0 Å². The van der Waals surface area contributed by atoms with Crippen LogP contribution in [0.2, 0.25) is 0 Å². The van der Waals surface area contributed by atoms with Crippen LogP contribution in [0.25, 0.3) is 0 Å². The van der Waals surface area contributed by atoms with Crippen molar-refractivity contribution in [1.29, 1.82) is 0 Å². The molecule has 0 radical (unpaired) electrons. The van der Waals surface area contributed by atoms with E-state index in [1.807, 2.05) is 6.92 Å². The summed E-state index contributed by atoms with van der Waals surface area (Å²) < 4.78 is 1.70. The Morgan fingerprint density at radius 1 is 1.69 bits per heavy atom. The standard InChI is InChI=1S/C9H16N2O2/c1-4-9(2,13)7(12)8-10-5-6-11(8)3/h5-7,12-13H,4H2,1-3H3. The summed E-state index contributed by atoms with van der Waals surface area (Å²) in [6.45, 7) is 3.43. The number of imidazole rings is 1. The second-order valence-electron chi connectivity index (χ2n) is 3.51. The van der Waals surface area contributed by atoms with Gasteiger partial charge in [0.15, 0.2) is 0 Å². The SMILES string of the molecule is CCC(C)(O)C(O)c1nccn1C. The predicted octanol–water partition coefficient (Wildman–Crippen LogP) is 0.614. The van der Waals surface area contributed by atoms with Crippen LogP contribution in [0.15, 0.2) is 12.4 Å². The third kappa shape index (κ3) is 1.89. The highest BCUT2D eigenvalue weighted by Gasteiger charge is 2.32. The maximum absolute atomic E-state index is 9.78. The van der Waals surface area contributed by atoms with Crippen molar-refractivity contribution in [2.45, 2.75) is 32.0 Å². The molecular weight excluding hydrogens is 168 g/mol. The van der Waals surface area contributed by atoms with Crippen molar-refractivity contribution in [2.24, 2.45) is 7.05 Å². The molecule has 0 saturated heterocycles. The molecule has 1 heterocycles. The van der Waals surface area contributed by atoms with Crippen molar-refractivity contribution < 1.29 is 10.2 Å². The fourth-order valence-corrected chi connectivity index (χ4v) is 1.11. The van der Waals surface area contributed by atoms with Crippen molar-refractivity contribution in [3.63, 3.8) is 0 Å². The van der Waals surface area contributed by atoms with Crippen LogP contribution in [-0.2, 0) is 7.05 Å². The first-order chi connectivity index (χ1) is 5.99. The minimum absolute atomic E-state index is 0.487. The van der Waals surface area contributed by atoms with Crippen LogP contribution in [-0.4, -0.2) is 25.4 Å². The number of aliphatic hydroxyl groups excluding tert-OH is 1. The van der Waals surface area contributed by atoms with E-state index in [9.17, 15) is 10.2 Å². The van der Waals surface area contributed by atoms with Crippen molar-refractivity contribution in [2.75, 3.05) is 0 Å². The molecule has 0 amide bonds. The van der Waals surface area contributed by atoms with Crippen LogP contribution in [0.1, 0.15) is 32.2 Å². The zero-order valence-electron chi connectivity index (χ0n) is 8.23. The smallest absolute Gasteiger partial charge is 0.140 e. The summed E-state index contributed by atoms with van der Waals surface area (Å²) in [7, 11) is 1.79. The van der Waals surface area contributed by atoms with E-state index in [1.165, 1.54) is 0 Å². The molecule has 0 aromatic carbocycles. The molecule has 0 aliphatic carbocycles. The lowest BCUT2D eigenvalue weighted by Gasteiger charge is -2.27. The maximum atomic E-state index is 9.78. The number of rotatable bonds is 3. The molecule has 74 valence electrons. The third-order valence-electron chi connectivity index (χ3n) is 2.41. The minimum atomic E-state index is -1.11. The number of aromatic nitrogens is 2.